The molecule has 1 saturated heterocycles. The Morgan fingerprint density at radius 2 is 2.12 bits per heavy atom. The molecule has 2 aromatic rings. The highest BCUT2D eigenvalue weighted by Crippen LogP contribution is 2.22. The van der Waals surface area contributed by atoms with E-state index in [1.165, 1.54) is 4.88 Å². The fraction of sp³-hybridized carbons (Fsp3) is 0.316. The normalized spacial score (nSPS) is 13.7. The fourth-order valence-electron chi connectivity index (χ4n) is 2.77. The summed E-state index contributed by atoms with van der Waals surface area (Å²) in [7, 11) is 0. The summed E-state index contributed by atoms with van der Waals surface area (Å²) in [4.78, 5) is 38.6. The molecular formula is C19H20N2O4S. The van der Waals surface area contributed by atoms with E-state index in [9.17, 15) is 14.4 Å². The first-order valence-electron chi connectivity index (χ1n) is 8.50. The fourth-order valence-corrected chi connectivity index (χ4v) is 3.48. The van der Waals surface area contributed by atoms with Gasteiger partial charge in [0.15, 0.2) is 6.61 Å². The number of ether oxygens (including phenoxy) is 1. The quantitative estimate of drug-likeness (QED) is 0.757. The van der Waals surface area contributed by atoms with Gasteiger partial charge in [-0.3, -0.25) is 9.59 Å². The van der Waals surface area contributed by atoms with E-state index in [1.54, 1.807) is 40.5 Å². The number of carbonyl (C=O) groups excluding carboxylic acids is 3. The lowest BCUT2D eigenvalue weighted by atomic mass is 10.2. The predicted molar refractivity (Wildman–Crippen MR) is 99.3 cm³/mol. The molecule has 1 aromatic carbocycles. The smallest absolute Gasteiger partial charge is 0.338 e. The van der Waals surface area contributed by atoms with E-state index < -0.39 is 5.97 Å². The lowest BCUT2D eigenvalue weighted by Gasteiger charge is -2.16. The molecule has 0 aliphatic carbocycles. The van der Waals surface area contributed by atoms with Gasteiger partial charge in [-0.25, -0.2) is 4.79 Å². The van der Waals surface area contributed by atoms with Crippen LogP contribution in [0.25, 0.3) is 0 Å². The summed E-state index contributed by atoms with van der Waals surface area (Å²) in [5.74, 6) is -0.853. The molecule has 0 unspecified atom stereocenters. The summed E-state index contributed by atoms with van der Waals surface area (Å²) in [6, 6.07) is 10.7. The van der Waals surface area contributed by atoms with Gasteiger partial charge in [0.25, 0.3) is 5.91 Å². The van der Waals surface area contributed by atoms with Gasteiger partial charge in [0.05, 0.1) is 5.56 Å². The van der Waals surface area contributed by atoms with Crippen LogP contribution in [0.1, 0.15) is 28.1 Å². The van der Waals surface area contributed by atoms with Crippen LogP contribution in [0.2, 0.25) is 0 Å². The first-order valence-corrected chi connectivity index (χ1v) is 9.38. The van der Waals surface area contributed by atoms with Crippen molar-refractivity contribution in [1.29, 1.82) is 0 Å². The van der Waals surface area contributed by atoms with Crippen LogP contribution in [0.15, 0.2) is 41.8 Å². The van der Waals surface area contributed by atoms with Crippen molar-refractivity contribution in [3.8, 4) is 0 Å². The molecule has 0 spiro atoms. The zero-order valence-corrected chi connectivity index (χ0v) is 15.1. The molecule has 7 heteroatoms. The Bertz CT molecular complexity index is 789. The number of nitrogens with zero attached hydrogens (tertiary/aromatic N) is 1. The van der Waals surface area contributed by atoms with Gasteiger partial charge >= 0.3 is 5.97 Å². The highest BCUT2D eigenvalue weighted by Gasteiger charge is 2.22. The van der Waals surface area contributed by atoms with Crippen LogP contribution in [0.4, 0.5) is 5.69 Å². The number of thiophene rings is 1. The number of esters is 1. The van der Waals surface area contributed by atoms with Crippen molar-refractivity contribution in [2.24, 2.45) is 0 Å². The predicted octanol–water partition coefficient (Wildman–Crippen LogP) is 2.39. The van der Waals surface area contributed by atoms with Crippen LogP contribution < -0.4 is 10.2 Å². The van der Waals surface area contributed by atoms with Crippen molar-refractivity contribution in [2.75, 3.05) is 24.6 Å². The summed E-state index contributed by atoms with van der Waals surface area (Å²) >= 11 is 1.64. The Kier molecular flexibility index (Phi) is 6.01. The summed E-state index contributed by atoms with van der Waals surface area (Å²) in [5.41, 5.74) is 1.01. The summed E-state index contributed by atoms with van der Waals surface area (Å²) in [6.07, 6.45) is 2.10. The lowest BCUT2D eigenvalue weighted by Crippen LogP contribution is -2.30. The Hall–Kier alpha value is -2.67. The maximum Gasteiger partial charge on any atom is 0.338 e. The van der Waals surface area contributed by atoms with Crippen molar-refractivity contribution in [3.05, 3.63) is 52.2 Å². The number of hydrogen-bond acceptors (Lipinski definition) is 5. The Balaban J connectivity index is 1.47. The maximum atomic E-state index is 12.2. The van der Waals surface area contributed by atoms with Gasteiger partial charge < -0.3 is 15.0 Å². The number of rotatable bonds is 7. The van der Waals surface area contributed by atoms with Gasteiger partial charge in [0.1, 0.15) is 0 Å². The highest BCUT2D eigenvalue weighted by molar-refractivity contribution is 7.09. The molecule has 1 aliphatic heterocycles. The zero-order chi connectivity index (χ0) is 18.4. The van der Waals surface area contributed by atoms with E-state index in [2.05, 4.69) is 5.32 Å². The Morgan fingerprint density at radius 3 is 2.85 bits per heavy atom. The molecule has 0 bridgehead atoms. The molecular weight excluding hydrogens is 352 g/mol. The zero-order valence-electron chi connectivity index (χ0n) is 14.3. The molecule has 26 heavy (non-hydrogen) atoms. The molecule has 6 nitrogen and oxygen atoms in total. The average Bonchev–Trinajstić information content (AvgIpc) is 3.31. The van der Waals surface area contributed by atoms with Gasteiger partial charge in [0.2, 0.25) is 5.91 Å². The number of anilines is 1. The minimum atomic E-state index is -0.577. The summed E-state index contributed by atoms with van der Waals surface area (Å²) in [6.45, 7) is 0.837. The number of carbonyl (C=O) groups is 3. The number of nitrogens with one attached hydrogen (secondary N) is 1. The first kappa shape index (κ1) is 18.1. The van der Waals surface area contributed by atoms with Crippen LogP contribution in [0.3, 0.4) is 0 Å². The van der Waals surface area contributed by atoms with Crippen molar-refractivity contribution < 1.29 is 19.1 Å². The summed E-state index contributed by atoms with van der Waals surface area (Å²) < 4.78 is 5.07. The van der Waals surface area contributed by atoms with Crippen LogP contribution >= 0.6 is 11.3 Å². The SMILES string of the molecule is O=C(COC(=O)c1cccc(N2CCCC2=O)c1)NCCc1cccs1. The van der Waals surface area contributed by atoms with Gasteiger partial charge in [-0.05, 0) is 42.5 Å². The topological polar surface area (TPSA) is 75.7 Å². The standard InChI is InChI=1S/C19H20N2O4S/c22-17(20-9-8-16-6-3-11-26-16)13-25-19(24)14-4-1-5-15(12-14)21-10-2-7-18(21)23/h1,3-6,11-12H,2,7-10,13H2,(H,20,22). The summed E-state index contributed by atoms with van der Waals surface area (Å²) in [5, 5.41) is 4.72. The molecule has 2 heterocycles. The largest absolute Gasteiger partial charge is 0.452 e. The molecule has 1 fully saturated rings. The van der Waals surface area contributed by atoms with Gasteiger partial charge in [-0.2, -0.15) is 0 Å². The second kappa shape index (κ2) is 8.62. The number of benzene rings is 1. The van der Waals surface area contributed by atoms with E-state index in [0.29, 0.717) is 30.8 Å². The second-order valence-electron chi connectivity index (χ2n) is 5.95. The Morgan fingerprint density at radius 1 is 1.23 bits per heavy atom. The molecule has 0 atom stereocenters. The minimum Gasteiger partial charge on any atom is -0.452 e. The van der Waals surface area contributed by atoms with E-state index >= 15 is 0 Å². The van der Waals surface area contributed by atoms with Crippen LogP contribution in [-0.2, 0) is 20.7 Å². The molecule has 3 rings (SSSR count). The second-order valence-corrected chi connectivity index (χ2v) is 6.99. The monoisotopic (exact) mass is 372 g/mol. The van der Waals surface area contributed by atoms with E-state index in [1.807, 2.05) is 17.5 Å². The third kappa shape index (κ3) is 4.70. The molecule has 1 N–H and O–H groups in total. The van der Waals surface area contributed by atoms with E-state index in [-0.39, 0.29) is 18.4 Å². The number of amides is 2. The molecule has 0 saturated carbocycles. The third-order valence-corrected chi connectivity index (χ3v) is 5.01. The van der Waals surface area contributed by atoms with Gasteiger partial charge in [-0.15, -0.1) is 11.3 Å². The van der Waals surface area contributed by atoms with Gasteiger partial charge in [0, 0.05) is 30.1 Å². The molecule has 2 amide bonds. The maximum absolute atomic E-state index is 12.2. The van der Waals surface area contributed by atoms with E-state index in [0.717, 1.165) is 12.8 Å². The van der Waals surface area contributed by atoms with Crippen LogP contribution in [0.5, 0.6) is 0 Å². The average molecular weight is 372 g/mol. The van der Waals surface area contributed by atoms with Crippen molar-refractivity contribution in [2.45, 2.75) is 19.3 Å². The van der Waals surface area contributed by atoms with Gasteiger partial charge in [-0.1, -0.05) is 12.1 Å². The van der Waals surface area contributed by atoms with Crippen LogP contribution in [-0.4, -0.2) is 37.5 Å². The van der Waals surface area contributed by atoms with Crippen molar-refractivity contribution in [3.63, 3.8) is 0 Å². The van der Waals surface area contributed by atoms with Crippen molar-refractivity contribution in [1.82, 2.24) is 5.32 Å². The molecule has 1 aromatic heterocycles. The third-order valence-electron chi connectivity index (χ3n) is 4.07. The molecule has 136 valence electrons. The molecule has 1 aliphatic rings. The Labute approximate surface area is 155 Å². The lowest BCUT2D eigenvalue weighted by molar-refractivity contribution is -0.124. The molecule has 0 radical (unpaired) electrons. The minimum absolute atomic E-state index is 0.0561. The van der Waals surface area contributed by atoms with Crippen LogP contribution in [0, 0.1) is 0 Å². The number of hydrogen-bond donors (Lipinski definition) is 1. The highest BCUT2D eigenvalue weighted by atomic mass is 32.1. The van der Waals surface area contributed by atoms with Crippen molar-refractivity contribution >= 4 is 34.8 Å². The van der Waals surface area contributed by atoms with E-state index in [4.69, 9.17) is 4.74 Å². The first-order chi connectivity index (χ1) is 12.6.